The van der Waals surface area contributed by atoms with E-state index in [1.165, 1.54) is 4.90 Å². The molecule has 162 valence electrons. The highest BCUT2D eigenvalue weighted by molar-refractivity contribution is 5.83. The number of carboxylic acids is 2. The second kappa shape index (κ2) is 10.1. The van der Waals surface area contributed by atoms with Gasteiger partial charge in [-0.2, -0.15) is 4.98 Å². The number of hydrogen-bond acceptors (Lipinski definition) is 9. The maximum Gasteiger partial charge on any atom is 0.326 e. The number of urea groups is 1. The van der Waals surface area contributed by atoms with Crippen molar-refractivity contribution in [3.8, 4) is 0 Å². The molecule has 0 aliphatic carbocycles. The number of hydrogen-bond donors (Lipinski definition) is 6. The predicted molar refractivity (Wildman–Crippen MR) is 96.2 cm³/mol. The molecule has 29 heavy (non-hydrogen) atoms. The highest BCUT2D eigenvalue weighted by Crippen LogP contribution is 2.23. The molecule has 2 heterocycles. The molecule has 0 aromatic carbocycles. The standard InChI is InChI=1S/C16H26N6O7/c17-8(3-5-11(18)23)13-20-14(29-21-13)9(4-6-12(24)25)19-16(28)22-7-1-2-10(22)15(26)27/h8-11,23H,1-7,17-18H2,(H,19,28)(H,24,25)(H,26,27)/t8-,9-,10?,11?/m0/s1. The van der Waals surface area contributed by atoms with Gasteiger partial charge >= 0.3 is 18.0 Å². The minimum absolute atomic E-state index is 0.0367. The normalized spacial score (nSPS) is 19.6. The molecule has 0 saturated carbocycles. The lowest BCUT2D eigenvalue weighted by molar-refractivity contribution is -0.141. The van der Waals surface area contributed by atoms with Crippen LogP contribution in [0.5, 0.6) is 0 Å². The number of nitrogens with two attached hydrogens (primary N) is 2. The van der Waals surface area contributed by atoms with Gasteiger partial charge in [-0.3, -0.25) is 4.79 Å². The summed E-state index contributed by atoms with van der Waals surface area (Å²) in [5, 5.41) is 33.7. The minimum Gasteiger partial charge on any atom is -0.481 e. The third kappa shape index (κ3) is 6.37. The molecule has 2 rings (SSSR count). The number of nitrogens with zero attached hydrogens (tertiary/aromatic N) is 3. The first-order valence-corrected chi connectivity index (χ1v) is 9.23. The summed E-state index contributed by atoms with van der Waals surface area (Å²) < 4.78 is 5.15. The van der Waals surface area contributed by atoms with E-state index >= 15 is 0 Å². The molecule has 8 N–H and O–H groups in total. The van der Waals surface area contributed by atoms with Gasteiger partial charge in [0.1, 0.15) is 18.3 Å². The first kappa shape index (κ1) is 22.5. The van der Waals surface area contributed by atoms with Crippen LogP contribution in [0.15, 0.2) is 4.52 Å². The number of carbonyl (C=O) groups excluding carboxylic acids is 1. The predicted octanol–water partition coefficient (Wildman–Crippen LogP) is -0.709. The molecule has 0 spiro atoms. The number of amides is 2. The average molecular weight is 414 g/mol. The fourth-order valence-electron chi connectivity index (χ4n) is 3.04. The highest BCUT2D eigenvalue weighted by Gasteiger charge is 2.35. The number of carbonyl (C=O) groups is 3. The minimum atomic E-state index is -1.10. The largest absolute Gasteiger partial charge is 0.481 e. The zero-order valence-electron chi connectivity index (χ0n) is 15.7. The fraction of sp³-hybridized carbons (Fsp3) is 0.688. The van der Waals surface area contributed by atoms with Crippen LogP contribution in [0.4, 0.5) is 4.79 Å². The lowest BCUT2D eigenvalue weighted by Gasteiger charge is -2.24. The Kier molecular flexibility index (Phi) is 7.87. The maximum atomic E-state index is 12.6. The highest BCUT2D eigenvalue weighted by atomic mass is 16.5. The van der Waals surface area contributed by atoms with E-state index in [0.717, 1.165) is 0 Å². The second-order valence-electron chi connectivity index (χ2n) is 6.87. The molecule has 2 unspecified atom stereocenters. The summed E-state index contributed by atoms with van der Waals surface area (Å²) in [6.45, 7) is 0.274. The van der Waals surface area contributed by atoms with Crippen molar-refractivity contribution < 1.29 is 34.2 Å². The Morgan fingerprint density at radius 1 is 1.24 bits per heavy atom. The molecule has 1 fully saturated rings. The molecule has 1 aromatic heterocycles. The topological polar surface area (TPSA) is 218 Å². The Morgan fingerprint density at radius 3 is 2.59 bits per heavy atom. The van der Waals surface area contributed by atoms with Crippen molar-refractivity contribution in [2.24, 2.45) is 11.5 Å². The van der Waals surface area contributed by atoms with Crippen molar-refractivity contribution in [2.75, 3.05) is 6.54 Å². The van der Waals surface area contributed by atoms with Crippen LogP contribution in [0.3, 0.4) is 0 Å². The summed E-state index contributed by atoms with van der Waals surface area (Å²) in [6, 6.07) is -3.19. The molecule has 1 aromatic rings. The van der Waals surface area contributed by atoms with Crippen LogP contribution in [0.25, 0.3) is 0 Å². The summed E-state index contributed by atoms with van der Waals surface area (Å²) in [4.78, 5) is 40.1. The lowest BCUT2D eigenvalue weighted by Crippen LogP contribution is -2.47. The quantitative estimate of drug-likeness (QED) is 0.263. The van der Waals surface area contributed by atoms with Crippen LogP contribution < -0.4 is 16.8 Å². The van der Waals surface area contributed by atoms with Gasteiger partial charge in [0.15, 0.2) is 5.82 Å². The van der Waals surface area contributed by atoms with E-state index in [1.54, 1.807) is 0 Å². The van der Waals surface area contributed by atoms with Crippen LogP contribution in [0.2, 0.25) is 0 Å². The van der Waals surface area contributed by atoms with E-state index in [2.05, 4.69) is 15.5 Å². The van der Waals surface area contributed by atoms with Gasteiger partial charge in [-0.25, -0.2) is 9.59 Å². The van der Waals surface area contributed by atoms with Gasteiger partial charge in [-0.05, 0) is 32.1 Å². The van der Waals surface area contributed by atoms with Crippen LogP contribution in [0.1, 0.15) is 62.3 Å². The Bertz CT molecular complexity index is 724. The molecule has 13 nitrogen and oxygen atoms in total. The Morgan fingerprint density at radius 2 is 1.97 bits per heavy atom. The SMILES string of the molecule is NC(O)CC[C@H](N)c1noc([C@H](CCC(=O)O)NC(=O)N2CCCC2C(=O)O)n1. The van der Waals surface area contributed by atoms with Gasteiger partial charge in [0, 0.05) is 13.0 Å². The number of aliphatic carboxylic acids is 2. The second-order valence-corrected chi connectivity index (χ2v) is 6.87. The number of rotatable bonds is 10. The van der Waals surface area contributed by atoms with Crippen LogP contribution in [0, 0.1) is 0 Å². The Balaban J connectivity index is 2.10. The molecule has 2 amide bonds. The summed E-state index contributed by atoms with van der Waals surface area (Å²) in [5.41, 5.74) is 11.2. The molecule has 4 atom stereocenters. The number of nitrogens with one attached hydrogen (secondary N) is 1. The van der Waals surface area contributed by atoms with Crippen LogP contribution in [-0.2, 0) is 9.59 Å². The summed E-state index contributed by atoms with van der Waals surface area (Å²) in [6.07, 6.45) is 0.0533. The maximum absolute atomic E-state index is 12.6. The number of aliphatic hydroxyl groups is 1. The molecule has 0 bridgehead atoms. The smallest absolute Gasteiger partial charge is 0.326 e. The first-order chi connectivity index (χ1) is 13.7. The van der Waals surface area contributed by atoms with Crippen molar-refractivity contribution in [2.45, 2.75) is 62.9 Å². The van der Waals surface area contributed by atoms with Gasteiger partial charge < -0.3 is 41.5 Å². The number of aliphatic hydroxyl groups excluding tert-OH is 1. The van der Waals surface area contributed by atoms with E-state index in [-0.39, 0.29) is 43.9 Å². The van der Waals surface area contributed by atoms with Crippen LogP contribution >= 0.6 is 0 Å². The fourth-order valence-corrected chi connectivity index (χ4v) is 3.04. The van der Waals surface area contributed by atoms with Crippen molar-refractivity contribution in [3.63, 3.8) is 0 Å². The molecule has 1 aliphatic heterocycles. The molecule has 1 aliphatic rings. The average Bonchev–Trinajstić information content (AvgIpc) is 3.32. The molecule has 13 heteroatoms. The molecule has 0 radical (unpaired) electrons. The first-order valence-electron chi connectivity index (χ1n) is 9.23. The van der Waals surface area contributed by atoms with Gasteiger partial charge in [-0.1, -0.05) is 5.16 Å². The third-order valence-electron chi connectivity index (χ3n) is 4.60. The van der Waals surface area contributed by atoms with Crippen molar-refractivity contribution >= 4 is 18.0 Å². The van der Waals surface area contributed by atoms with Crippen LogP contribution in [-0.4, -0.2) is 67.1 Å². The van der Waals surface area contributed by atoms with E-state index in [9.17, 15) is 19.5 Å². The van der Waals surface area contributed by atoms with E-state index in [4.69, 9.17) is 26.2 Å². The molecule has 1 saturated heterocycles. The summed E-state index contributed by atoms with van der Waals surface area (Å²) >= 11 is 0. The van der Waals surface area contributed by atoms with E-state index in [1.807, 2.05) is 0 Å². The zero-order valence-corrected chi connectivity index (χ0v) is 15.7. The Hall–Kier alpha value is -2.77. The number of likely N-dealkylation sites (tertiary alicyclic amines) is 1. The monoisotopic (exact) mass is 414 g/mol. The van der Waals surface area contributed by atoms with Gasteiger partial charge in [0.05, 0.1) is 6.04 Å². The van der Waals surface area contributed by atoms with E-state index < -0.39 is 42.3 Å². The van der Waals surface area contributed by atoms with Crippen molar-refractivity contribution in [3.05, 3.63) is 11.7 Å². The zero-order chi connectivity index (χ0) is 21.6. The van der Waals surface area contributed by atoms with Gasteiger partial charge in [-0.15, -0.1) is 0 Å². The molecular weight excluding hydrogens is 388 g/mol. The van der Waals surface area contributed by atoms with Crippen molar-refractivity contribution in [1.82, 2.24) is 20.4 Å². The van der Waals surface area contributed by atoms with Crippen molar-refractivity contribution in [1.29, 1.82) is 0 Å². The van der Waals surface area contributed by atoms with Gasteiger partial charge in [0.25, 0.3) is 0 Å². The third-order valence-corrected chi connectivity index (χ3v) is 4.60. The molecular formula is C16H26N6O7. The Labute approximate surface area is 166 Å². The lowest BCUT2D eigenvalue weighted by atomic mass is 10.1. The van der Waals surface area contributed by atoms with E-state index in [0.29, 0.717) is 12.8 Å². The number of aromatic nitrogens is 2. The summed E-state index contributed by atoms with van der Waals surface area (Å²) in [7, 11) is 0. The number of carboxylic acid groups (broad SMARTS) is 2. The van der Waals surface area contributed by atoms with Gasteiger partial charge in [0.2, 0.25) is 5.89 Å². The summed E-state index contributed by atoms with van der Waals surface area (Å²) in [5.74, 6) is -2.10.